The zero-order valence-electron chi connectivity index (χ0n) is 12.0. The molecule has 0 unspecified atom stereocenters. The van der Waals surface area contributed by atoms with Gasteiger partial charge in [0.2, 0.25) is 10.0 Å². The van der Waals surface area contributed by atoms with Crippen LogP contribution in [0.5, 0.6) is 0 Å². The van der Waals surface area contributed by atoms with Gasteiger partial charge in [0.05, 0.1) is 4.34 Å². The Bertz CT molecular complexity index is 534. The van der Waals surface area contributed by atoms with Gasteiger partial charge in [0.15, 0.2) is 0 Å². The molecule has 1 heterocycles. The third-order valence-electron chi connectivity index (χ3n) is 2.90. The summed E-state index contributed by atoms with van der Waals surface area (Å²) in [7, 11) is -3.60. The van der Waals surface area contributed by atoms with E-state index in [-0.39, 0.29) is 9.23 Å². The predicted molar refractivity (Wildman–Crippen MR) is 86.5 cm³/mol. The fourth-order valence-electron chi connectivity index (χ4n) is 2.01. The van der Waals surface area contributed by atoms with Crippen LogP contribution in [0.4, 0.5) is 0 Å². The summed E-state index contributed by atoms with van der Waals surface area (Å²) >= 11 is 12.7. The SMILES string of the molecule is CC(C)N(CCNS(=O)(=O)c1cc(Cl)sc1Cl)C(C)C. The van der Waals surface area contributed by atoms with Crippen LogP contribution < -0.4 is 4.72 Å². The molecule has 0 amide bonds. The van der Waals surface area contributed by atoms with E-state index in [0.29, 0.717) is 29.5 Å². The number of nitrogens with zero attached hydrogens (tertiary/aromatic N) is 1. The number of rotatable bonds is 7. The lowest BCUT2D eigenvalue weighted by atomic mass is 10.2. The van der Waals surface area contributed by atoms with E-state index < -0.39 is 10.0 Å². The van der Waals surface area contributed by atoms with E-state index in [1.165, 1.54) is 6.07 Å². The maximum atomic E-state index is 12.1. The molecule has 116 valence electrons. The minimum atomic E-state index is -3.60. The van der Waals surface area contributed by atoms with Crippen molar-refractivity contribution in [2.45, 2.75) is 44.7 Å². The number of sulfonamides is 1. The van der Waals surface area contributed by atoms with Crippen LogP contribution in [-0.4, -0.2) is 38.5 Å². The smallest absolute Gasteiger partial charge is 0.243 e. The van der Waals surface area contributed by atoms with Crippen molar-refractivity contribution < 1.29 is 8.42 Å². The van der Waals surface area contributed by atoms with Crippen LogP contribution in [0, 0.1) is 0 Å². The van der Waals surface area contributed by atoms with E-state index in [1.807, 2.05) is 0 Å². The summed E-state index contributed by atoms with van der Waals surface area (Å²) in [4.78, 5) is 2.26. The molecule has 0 spiro atoms. The Morgan fingerprint density at radius 2 is 1.80 bits per heavy atom. The lowest BCUT2D eigenvalue weighted by Gasteiger charge is -2.30. The topological polar surface area (TPSA) is 49.4 Å². The summed E-state index contributed by atoms with van der Waals surface area (Å²) in [5.41, 5.74) is 0. The summed E-state index contributed by atoms with van der Waals surface area (Å²) < 4.78 is 27.4. The van der Waals surface area contributed by atoms with Crippen molar-refractivity contribution in [1.29, 1.82) is 0 Å². The van der Waals surface area contributed by atoms with Crippen LogP contribution >= 0.6 is 34.5 Å². The highest BCUT2D eigenvalue weighted by atomic mass is 35.5. The van der Waals surface area contributed by atoms with Crippen LogP contribution in [0.3, 0.4) is 0 Å². The van der Waals surface area contributed by atoms with Crippen molar-refractivity contribution in [2.75, 3.05) is 13.1 Å². The van der Waals surface area contributed by atoms with Gasteiger partial charge in [0.1, 0.15) is 9.23 Å². The first-order chi connectivity index (χ1) is 9.15. The first-order valence-electron chi connectivity index (χ1n) is 6.35. The van der Waals surface area contributed by atoms with Gasteiger partial charge in [-0.15, -0.1) is 11.3 Å². The Morgan fingerprint density at radius 1 is 1.25 bits per heavy atom. The monoisotopic (exact) mass is 358 g/mol. The number of thiophene rings is 1. The van der Waals surface area contributed by atoms with E-state index in [0.717, 1.165) is 11.3 Å². The maximum Gasteiger partial charge on any atom is 0.243 e. The summed E-state index contributed by atoms with van der Waals surface area (Å²) in [6, 6.07) is 2.09. The van der Waals surface area contributed by atoms with Crippen molar-refractivity contribution in [3.63, 3.8) is 0 Å². The van der Waals surface area contributed by atoms with Gasteiger partial charge in [-0.2, -0.15) is 0 Å². The normalized spacial score (nSPS) is 12.8. The average molecular weight is 359 g/mol. The molecular formula is C12H20Cl2N2O2S2. The number of hydrogen-bond donors (Lipinski definition) is 1. The van der Waals surface area contributed by atoms with Gasteiger partial charge in [-0.1, -0.05) is 23.2 Å². The zero-order chi connectivity index (χ0) is 15.5. The molecule has 4 nitrogen and oxygen atoms in total. The Morgan fingerprint density at radius 3 is 2.20 bits per heavy atom. The Labute approximate surface area is 135 Å². The molecule has 0 radical (unpaired) electrons. The van der Waals surface area contributed by atoms with Crippen LogP contribution in [0.25, 0.3) is 0 Å². The molecule has 1 rings (SSSR count). The third kappa shape index (κ3) is 4.86. The molecule has 0 aliphatic rings. The summed E-state index contributed by atoms with van der Waals surface area (Å²) in [5, 5.41) is 0. The predicted octanol–water partition coefficient (Wildman–Crippen LogP) is 3.45. The van der Waals surface area contributed by atoms with Gasteiger partial charge < -0.3 is 0 Å². The molecule has 0 aromatic carbocycles. The van der Waals surface area contributed by atoms with Gasteiger partial charge in [-0.05, 0) is 33.8 Å². The molecule has 20 heavy (non-hydrogen) atoms. The Hall–Kier alpha value is 0.150. The molecule has 1 N–H and O–H groups in total. The molecule has 0 aliphatic heterocycles. The number of nitrogens with one attached hydrogen (secondary N) is 1. The highest BCUT2D eigenvalue weighted by molar-refractivity contribution is 7.89. The summed E-state index contributed by atoms with van der Waals surface area (Å²) in [5.74, 6) is 0. The summed E-state index contributed by atoms with van der Waals surface area (Å²) in [6.45, 7) is 9.33. The van der Waals surface area contributed by atoms with Crippen molar-refractivity contribution in [2.24, 2.45) is 0 Å². The lowest BCUT2D eigenvalue weighted by molar-refractivity contribution is 0.179. The molecule has 8 heteroatoms. The molecule has 0 aliphatic carbocycles. The van der Waals surface area contributed by atoms with E-state index >= 15 is 0 Å². The second-order valence-corrected chi connectivity index (χ2v) is 9.03. The second-order valence-electron chi connectivity index (χ2n) is 5.01. The van der Waals surface area contributed by atoms with Gasteiger partial charge in [0.25, 0.3) is 0 Å². The fourth-order valence-corrected chi connectivity index (χ4v) is 5.18. The third-order valence-corrected chi connectivity index (χ3v) is 6.12. The number of halogens is 2. The molecular weight excluding hydrogens is 339 g/mol. The minimum absolute atomic E-state index is 0.0508. The largest absolute Gasteiger partial charge is 0.297 e. The van der Waals surface area contributed by atoms with Gasteiger partial charge in [-0.25, -0.2) is 13.1 Å². The quantitative estimate of drug-likeness (QED) is 0.811. The fraction of sp³-hybridized carbons (Fsp3) is 0.667. The van der Waals surface area contributed by atoms with Crippen molar-refractivity contribution >= 4 is 44.6 Å². The second kappa shape index (κ2) is 7.42. The lowest BCUT2D eigenvalue weighted by Crippen LogP contribution is -2.42. The summed E-state index contributed by atoms with van der Waals surface area (Å²) in [6.07, 6.45) is 0. The van der Waals surface area contributed by atoms with Crippen molar-refractivity contribution in [1.82, 2.24) is 9.62 Å². The molecule has 1 aromatic heterocycles. The highest BCUT2D eigenvalue weighted by Crippen LogP contribution is 2.33. The van der Waals surface area contributed by atoms with Gasteiger partial charge in [-0.3, -0.25) is 4.90 Å². The number of hydrogen-bond acceptors (Lipinski definition) is 4. The molecule has 0 fully saturated rings. The van der Waals surface area contributed by atoms with Gasteiger partial charge >= 0.3 is 0 Å². The van der Waals surface area contributed by atoms with Crippen molar-refractivity contribution in [3.05, 3.63) is 14.7 Å². The molecule has 0 saturated heterocycles. The Kier molecular flexibility index (Phi) is 6.76. The van der Waals surface area contributed by atoms with Crippen LogP contribution in [0.1, 0.15) is 27.7 Å². The van der Waals surface area contributed by atoms with E-state index in [2.05, 4.69) is 37.3 Å². The molecule has 0 saturated carbocycles. The van der Waals surface area contributed by atoms with Crippen molar-refractivity contribution in [3.8, 4) is 0 Å². The van der Waals surface area contributed by atoms with Crippen LogP contribution in [-0.2, 0) is 10.0 Å². The molecule has 0 atom stereocenters. The van der Waals surface area contributed by atoms with E-state index in [1.54, 1.807) is 0 Å². The Balaban J connectivity index is 2.67. The van der Waals surface area contributed by atoms with E-state index in [9.17, 15) is 8.42 Å². The highest BCUT2D eigenvalue weighted by Gasteiger charge is 2.21. The van der Waals surface area contributed by atoms with E-state index in [4.69, 9.17) is 23.2 Å². The molecule has 0 bridgehead atoms. The van der Waals surface area contributed by atoms with Crippen LogP contribution in [0.2, 0.25) is 8.67 Å². The first-order valence-corrected chi connectivity index (χ1v) is 9.41. The maximum absolute atomic E-state index is 12.1. The minimum Gasteiger partial charge on any atom is -0.297 e. The van der Waals surface area contributed by atoms with Gasteiger partial charge in [0, 0.05) is 25.2 Å². The van der Waals surface area contributed by atoms with Crippen LogP contribution in [0.15, 0.2) is 11.0 Å². The first kappa shape index (κ1) is 18.2. The molecule has 1 aromatic rings. The average Bonchev–Trinajstić information content (AvgIpc) is 2.63. The standard InChI is InChI=1S/C12H20Cl2N2O2S2/c1-8(2)16(9(3)4)6-5-15-20(17,18)10-7-11(13)19-12(10)14/h7-9,15H,5-6H2,1-4H3. The zero-order valence-corrected chi connectivity index (χ0v) is 15.1.